The van der Waals surface area contributed by atoms with Gasteiger partial charge in [0.25, 0.3) is 0 Å². The van der Waals surface area contributed by atoms with E-state index in [1.165, 1.54) is 0 Å². The molecule has 0 atom stereocenters. The van der Waals surface area contributed by atoms with Gasteiger partial charge in [-0.3, -0.25) is 9.78 Å². The average molecular weight is 546 g/mol. The number of hydrogen-bond acceptors (Lipinski definition) is 6. The first-order chi connectivity index (χ1) is 18.7. The summed E-state index contributed by atoms with van der Waals surface area (Å²) in [5, 5.41) is 23.4. The summed E-state index contributed by atoms with van der Waals surface area (Å²) in [5.41, 5.74) is 2.41. The van der Waals surface area contributed by atoms with Crippen LogP contribution in [0.4, 0.5) is 18.9 Å². The van der Waals surface area contributed by atoms with Crippen molar-refractivity contribution in [2.75, 3.05) is 38.6 Å². The molecule has 7 nitrogen and oxygen atoms in total. The highest BCUT2D eigenvalue weighted by atomic mass is 19.2. The van der Waals surface area contributed by atoms with Gasteiger partial charge in [0.05, 0.1) is 25.7 Å². The third-order valence-electron chi connectivity index (χ3n) is 7.76. The van der Waals surface area contributed by atoms with Gasteiger partial charge >= 0.3 is 5.97 Å². The van der Waals surface area contributed by atoms with Crippen molar-refractivity contribution in [2.45, 2.75) is 45.1 Å². The fourth-order valence-corrected chi connectivity index (χ4v) is 5.57. The van der Waals surface area contributed by atoms with Crippen molar-refractivity contribution in [1.82, 2.24) is 9.88 Å². The lowest BCUT2D eigenvalue weighted by atomic mass is 9.72. The Morgan fingerprint density at radius 2 is 1.87 bits per heavy atom. The number of aliphatic hydroxyl groups excluding tert-OH is 1. The number of aryl methyl sites for hydroxylation is 1. The Labute approximate surface area is 225 Å². The van der Waals surface area contributed by atoms with Crippen LogP contribution in [-0.2, 0) is 17.8 Å². The van der Waals surface area contributed by atoms with E-state index in [-0.39, 0.29) is 24.1 Å². The van der Waals surface area contributed by atoms with Crippen molar-refractivity contribution in [3.63, 3.8) is 0 Å². The molecule has 3 aromatic rings. The molecule has 0 radical (unpaired) electrons. The highest BCUT2D eigenvalue weighted by Gasteiger charge is 2.36. The number of piperidine rings is 1. The maximum absolute atomic E-state index is 13.4. The van der Waals surface area contributed by atoms with Crippen molar-refractivity contribution >= 4 is 22.6 Å². The lowest BCUT2D eigenvalue weighted by Gasteiger charge is -2.41. The summed E-state index contributed by atoms with van der Waals surface area (Å²) >= 11 is 0. The number of fused-ring (bicyclic) bond motifs is 1. The van der Waals surface area contributed by atoms with E-state index in [2.05, 4.69) is 15.2 Å². The second-order valence-corrected chi connectivity index (χ2v) is 10.2. The molecule has 1 fully saturated rings. The van der Waals surface area contributed by atoms with E-state index in [0.29, 0.717) is 38.3 Å². The third kappa shape index (κ3) is 6.99. The third-order valence-corrected chi connectivity index (χ3v) is 7.76. The van der Waals surface area contributed by atoms with Gasteiger partial charge in [0.2, 0.25) is 0 Å². The topological polar surface area (TPSA) is 94.9 Å². The monoisotopic (exact) mass is 545 g/mol. The minimum atomic E-state index is -1.49. The van der Waals surface area contributed by atoms with Crippen molar-refractivity contribution < 1.29 is 32.9 Å². The standard InChI is InChI=1S/C29H34F3N3O4/c1-39-21-4-5-26-23(15-21)22(19(18-36)17-34-26)3-2-6-29(16-27(37)38)7-10-35(11-8-29)12-9-33-20-13-24(30)28(32)25(31)14-20/h4-5,13-15,17,33,36H,2-3,6-12,16,18H2,1H3,(H,37,38). The number of rotatable bonds is 12. The van der Waals surface area contributed by atoms with E-state index < -0.39 is 23.4 Å². The molecule has 1 saturated heterocycles. The number of nitrogens with one attached hydrogen (secondary N) is 1. The summed E-state index contributed by atoms with van der Waals surface area (Å²) in [5.74, 6) is -4.08. The molecule has 0 bridgehead atoms. The Bertz CT molecular complexity index is 1280. The highest BCUT2D eigenvalue weighted by molar-refractivity contribution is 5.84. The minimum Gasteiger partial charge on any atom is -0.497 e. The van der Waals surface area contributed by atoms with Crippen molar-refractivity contribution in [1.29, 1.82) is 0 Å². The van der Waals surface area contributed by atoms with Gasteiger partial charge in [-0.2, -0.15) is 0 Å². The summed E-state index contributed by atoms with van der Waals surface area (Å²) in [6.07, 6.45) is 5.40. The molecule has 1 aromatic heterocycles. The summed E-state index contributed by atoms with van der Waals surface area (Å²) in [4.78, 5) is 18.4. The Balaban J connectivity index is 1.36. The maximum atomic E-state index is 13.4. The number of benzene rings is 2. The van der Waals surface area contributed by atoms with Crippen LogP contribution in [0.25, 0.3) is 10.9 Å². The van der Waals surface area contributed by atoms with Crippen LogP contribution in [0.1, 0.15) is 43.2 Å². The summed E-state index contributed by atoms with van der Waals surface area (Å²) in [7, 11) is 1.60. The first kappa shape index (κ1) is 28.6. The lowest BCUT2D eigenvalue weighted by molar-refractivity contribution is -0.140. The number of ether oxygens (including phenoxy) is 1. The number of pyridine rings is 1. The number of carboxylic acid groups (broad SMARTS) is 1. The normalized spacial score (nSPS) is 15.4. The molecule has 0 unspecified atom stereocenters. The second-order valence-electron chi connectivity index (χ2n) is 10.2. The van der Waals surface area contributed by atoms with Crippen LogP contribution >= 0.6 is 0 Å². The van der Waals surface area contributed by atoms with Crippen LogP contribution in [0.2, 0.25) is 0 Å². The molecule has 0 saturated carbocycles. The lowest BCUT2D eigenvalue weighted by Crippen LogP contribution is -2.43. The minimum absolute atomic E-state index is 0.0883. The number of anilines is 1. The number of methoxy groups -OCH3 is 1. The zero-order valence-corrected chi connectivity index (χ0v) is 22.0. The van der Waals surface area contributed by atoms with Crippen molar-refractivity contribution in [2.24, 2.45) is 5.41 Å². The molecule has 3 N–H and O–H groups in total. The molecular weight excluding hydrogens is 511 g/mol. The molecule has 4 rings (SSSR count). The van der Waals surface area contributed by atoms with Gasteiger partial charge in [-0.25, -0.2) is 13.2 Å². The smallest absolute Gasteiger partial charge is 0.303 e. The van der Waals surface area contributed by atoms with Gasteiger partial charge in [0.15, 0.2) is 17.5 Å². The molecular formula is C29H34F3N3O4. The molecule has 0 amide bonds. The maximum Gasteiger partial charge on any atom is 0.303 e. The van der Waals surface area contributed by atoms with Gasteiger partial charge in [-0.05, 0) is 79.9 Å². The number of aliphatic hydroxyl groups is 1. The van der Waals surface area contributed by atoms with Crippen molar-refractivity contribution in [3.05, 3.63) is 65.1 Å². The molecule has 0 spiro atoms. The predicted molar refractivity (Wildman–Crippen MR) is 142 cm³/mol. The summed E-state index contributed by atoms with van der Waals surface area (Å²) in [6.45, 7) is 2.31. The largest absolute Gasteiger partial charge is 0.497 e. The number of likely N-dealkylation sites (tertiary alicyclic amines) is 1. The average Bonchev–Trinajstić information content (AvgIpc) is 2.92. The van der Waals surface area contributed by atoms with Gasteiger partial charge in [0, 0.05) is 42.5 Å². The first-order valence-electron chi connectivity index (χ1n) is 13.1. The summed E-state index contributed by atoms with van der Waals surface area (Å²) < 4.78 is 45.4. The second kappa shape index (κ2) is 12.7. The highest BCUT2D eigenvalue weighted by Crippen LogP contribution is 2.40. The van der Waals surface area contributed by atoms with Crippen LogP contribution < -0.4 is 10.1 Å². The summed E-state index contributed by atoms with van der Waals surface area (Å²) in [6, 6.07) is 7.51. The van der Waals surface area contributed by atoms with E-state index in [4.69, 9.17) is 4.74 Å². The van der Waals surface area contributed by atoms with Crippen LogP contribution in [0, 0.1) is 22.9 Å². The van der Waals surface area contributed by atoms with Crippen LogP contribution in [-0.4, -0.2) is 59.4 Å². The molecule has 0 aliphatic carbocycles. The molecule has 1 aliphatic rings. The Hall–Kier alpha value is -3.37. The number of aromatic nitrogens is 1. The quantitative estimate of drug-likeness (QED) is 0.271. The Kier molecular flexibility index (Phi) is 9.29. The van der Waals surface area contributed by atoms with E-state index in [0.717, 1.165) is 59.8 Å². The fourth-order valence-electron chi connectivity index (χ4n) is 5.57. The van der Waals surface area contributed by atoms with E-state index >= 15 is 0 Å². The molecule has 39 heavy (non-hydrogen) atoms. The van der Waals surface area contributed by atoms with Crippen molar-refractivity contribution in [3.8, 4) is 5.75 Å². The van der Waals surface area contributed by atoms with Gasteiger partial charge in [0.1, 0.15) is 5.75 Å². The van der Waals surface area contributed by atoms with Crippen LogP contribution in [0.3, 0.4) is 0 Å². The molecule has 2 aromatic carbocycles. The molecule has 1 aliphatic heterocycles. The van der Waals surface area contributed by atoms with Gasteiger partial charge < -0.3 is 25.2 Å². The zero-order valence-electron chi connectivity index (χ0n) is 22.0. The number of carbonyl (C=O) groups is 1. The molecule has 2 heterocycles. The number of halogens is 3. The van der Waals surface area contributed by atoms with Gasteiger partial charge in [-0.1, -0.05) is 0 Å². The number of aliphatic carboxylic acids is 1. The first-order valence-corrected chi connectivity index (χ1v) is 13.1. The Morgan fingerprint density at radius 3 is 2.51 bits per heavy atom. The zero-order chi connectivity index (χ0) is 28.0. The predicted octanol–water partition coefficient (Wildman–Crippen LogP) is 5.14. The van der Waals surface area contributed by atoms with Crippen LogP contribution in [0.15, 0.2) is 36.5 Å². The Morgan fingerprint density at radius 1 is 1.15 bits per heavy atom. The van der Waals surface area contributed by atoms with E-state index in [1.54, 1.807) is 13.3 Å². The molecule has 210 valence electrons. The number of hydrogen-bond donors (Lipinski definition) is 3. The van der Waals surface area contributed by atoms with Gasteiger partial charge in [-0.15, -0.1) is 0 Å². The fraction of sp³-hybridized carbons (Fsp3) is 0.448. The van der Waals surface area contributed by atoms with Crippen LogP contribution in [0.5, 0.6) is 5.75 Å². The van der Waals surface area contributed by atoms with E-state index in [9.17, 15) is 28.2 Å². The number of nitrogens with zero attached hydrogens (tertiary/aromatic N) is 2. The number of carboxylic acids is 1. The molecule has 10 heteroatoms. The van der Waals surface area contributed by atoms with E-state index in [1.807, 2.05) is 18.2 Å². The SMILES string of the molecule is COc1ccc2ncc(CO)c(CCCC3(CC(=O)O)CCN(CCNc4cc(F)c(F)c(F)c4)CC3)c2c1.